The van der Waals surface area contributed by atoms with Crippen molar-refractivity contribution in [3.8, 4) is 0 Å². The fourth-order valence-electron chi connectivity index (χ4n) is 2.66. The molecular formula is C14H23N3O. The minimum Gasteiger partial charge on any atom is -0.309 e. The molecule has 1 amide bonds. The Labute approximate surface area is 109 Å². The molecule has 2 rings (SSSR count). The fourth-order valence-corrected chi connectivity index (χ4v) is 2.66. The molecule has 0 unspecified atom stereocenters. The molecule has 0 spiro atoms. The van der Waals surface area contributed by atoms with E-state index in [2.05, 4.69) is 22.4 Å². The molecule has 18 heavy (non-hydrogen) atoms. The zero-order valence-corrected chi connectivity index (χ0v) is 11.2. The largest absolute Gasteiger partial charge is 0.309 e. The maximum absolute atomic E-state index is 11.8. The van der Waals surface area contributed by atoms with E-state index in [0.717, 1.165) is 30.9 Å². The molecule has 1 saturated carbocycles. The number of anilines is 1. The lowest BCUT2D eigenvalue weighted by atomic mass is 10.0. The second-order valence-corrected chi connectivity index (χ2v) is 5.27. The van der Waals surface area contributed by atoms with Crippen LogP contribution >= 0.6 is 0 Å². The highest BCUT2D eigenvalue weighted by Gasteiger charge is 2.16. The molecule has 1 aliphatic rings. The predicted molar refractivity (Wildman–Crippen MR) is 72.4 cm³/mol. The number of carbonyl (C=O) groups excluding carboxylic acids is 1. The summed E-state index contributed by atoms with van der Waals surface area (Å²) in [7, 11) is 0. The van der Waals surface area contributed by atoms with Gasteiger partial charge in [-0.15, -0.1) is 0 Å². The summed E-state index contributed by atoms with van der Waals surface area (Å²) in [5.41, 5.74) is 1.09. The van der Waals surface area contributed by atoms with Gasteiger partial charge in [-0.3, -0.25) is 9.89 Å². The van der Waals surface area contributed by atoms with Crippen LogP contribution in [0.25, 0.3) is 0 Å². The lowest BCUT2D eigenvalue weighted by Gasteiger charge is -2.07. The molecule has 1 heterocycles. The van der Waals surface area contributed by atoms with Crippen molar-refractivity contribution >= 4 is 11.7 Å². The van der Waals surface area contributed by atoms with Crippen LogP contribution in [0.1, 0.15) is 57.6 Å². The smallest absolute Gasteiger partial charge is 0.225 e. The van der Waals surface area contributed by atoms with E-state index in [9.17, 15) is 4.79 Å². The van der Waals surface area contributed by atoms with Crippen LogP contribution in [-0.2, 0) is 11.2 Å². The van der Waals surface area contributed by atoms with E-state index < -0.39 is 0 Å². The Balaban J connectivity index is 1.72. The van der Waals surface area contributed by atoms with E-state index in [-0.39, 0.29) is 5.91 Å². The van der Waals surface area contributed by atoms with Gasteiger partial charge < -0.3 is 5.32 Å². The number of aromatic nitrogens is 2. The van der Waals surface area contributed by atoms with Crippen LogP contribution < -0.4 is 5.32 Å². The Morgan fingerprint density at radius 2 is 2.28 bits per heavy atom. The van der Waals surface area contributed by atoms with Gasteiger partial charge in [-0.1, -0.05) is 39.0 Å². The van der Waals surface area contributed by atoms with Crippen LogP contribution in [0.3, 0.4) is 0 Å². The molecule has 1 fully saturated rings. The molecule has 0 aliphatic heterocycles. The highest BCUT2D eigenvalue weighted by Crippen LogP contribution is 2.28. The van der Waals surface area contributed by atoms with Crippen molar-refractivity contribution in [2.24, 2.45) is 5.92 Å². The summed E-state index contributed by atoms with van der Waals surface area (Å²) in [6.07, 6.45) is 8.99. The normalized spacial score (nSPS) is 16.1. The Morgan fingerprint density at radius 1 is 1.50 bits per heavy atom. The molecule has 4 nitrogen and oxygen atoms in total. The van der Waals surface area contributed by atoms with Gasteiger partial charge >= 0.3 is 0 Å². The first-order valence-electron chi connectivity index (χ1n) is 7.12. The molecule has 0 bridgehead atoms. The maximum atomic E-state index is 11.8. The Morgan fingerprint density at radius 3 is 3.00 bits per heavy atom. The molecule has 4 heteroatoms. The van der Waals surface area contributed by atoms with E-state index >= 15 is 0 Å². The fraction of sp³-hybridized carbons (Fsp3) is 0.714. The molecule has 0 aromatic carbocycles. The summed E-state index contributed by atoms with van der Waals surface area (Å²) in [6, 6.07) is 1.93. The van der Waals surface area contributed by atoms with Crippen LogP contribution in [0, 0.1) is 5.92 Å². The molecule has 0 atom stereocenters. The molecule has 2 N–H and O–H groups in total. The number of amides is 1. The van der Waals surface area contributed by atoms with Crippen molar-refractivity contribution < 1.29 is 4.79 Å². The molecule has 100 valence electrons. The van der Waals surface area contributed by atoms with Crippen molar-refractivity contribution in [3.63, 3.8) is 0 Å². The van der Waals surface area contributed by atoms with Crippen molar-refractivity contribution in [2.45, 2.75) is 58.3 Å². The third-order valence-electron chi connectivity index (χ3n) is 3.67. The van der Waals surface area contributed by atoms with Gasteiger partial charge in [0.2, 0.25) is 5.91 Å². The van der Waals surface area contributed by atoms with Gasteiger partial charge in [0, 0.05) is 18.2 Å². The monoisotopic (exact) mass is 249 g/mol. The van der Waals surface area contributed by atoms with Crippen molar-refractivity contribution in [3.05, 3.63) is 11.8 Å². The van der Waals surface area contributed by atoms with Crippen LogP contribution in [0.2, 0.25) is 0 Å². The molecule has 1 aliphatic carbocycles. The number of nitrogens with one attached hydrogen (secondary N) is 2. The molecule has 0 radical (unpaired) electrons. The molecule has 1 aromatic heterocycles. The third-order valence-corrected chi connectivity index (χ3v) is 3.67. The number of rotatable bonds is 6. The van der Waals surface area contributed by atoms with Crippen LogP contribution in [0.4, 0.5) is 5.82 Å². The number of carbonyl (C=O) groups is 1. The second-order valence-electron chi connectivity index (χ2n) is 5.27. The Hall–Kier alpha value is -1.32. The summed E-state index contributed by atoms with van der Waals surface area (Å²) >= 11 is 0. The standard InChI is InChI=1S/C14H23N3O/c1-2-5-12-10-13(17-16-12)15-14(18)9-8-11-6-3-4-7-11/h10-11H,2-9H2,1H3,(H2,15,16,17,18). The van der Waals surface area contributed by atoms with Crippen molar-refractivity contribution in [2.75, 3.05) is 5.32 Å². The zero-order chi connectivity index (χ0) is 12.8. The van der Waals surface area contributed by atoms with Crippen molar-refractivity contribution in [1.82, 2.24) is 10.2 Å². The Bertz CT molecular complexity index is 380. The summed E-state index contributed by atoms with van der Waals surface area (Å²) in [6.45, 7) is 2.13. The first-order chi connectivity index (χ1) is 8.78. The number of H-pyrrole nitrogens is 1. The van der Waals surface area contributed by atoms with Gasteiger partial charge in [-0.05, 0) is 18.8 Å². The zero-order valence-electron chi connectivity index (χ0n) is 11.2. The van der Waals surface area contributed by atoms with E-state index in [1.807, 2.05) is 6.07 Å². The summed E-state index contributed by atoms with van der Waals surface area (Å²) in [5, 5.41) is 9.91. The summed E-state index contributed by atoms with van der Waals surface area (Å²) < 4.78 is 0. The quantitative estimate of drug-likeness (QED) is 0.813. The minimum absolute atomic E-state index is 0.0939. The van der Waals surface area contributed by atoms with Crippen LogP contribution in [-0.4, -0.2) is 16.1 Å². The number of hydrogen-bond acceptors (Lipinski definition) is 2. The second kappa shape index (κ2) is 6.57. The van der Waals surface area contributed by atoms with Crippen molar-refractivity contribution in [1.29, 1.82) is 0 Å². The average Bonchev–Trinajstić information content (AvgIpc) is 2.99. The van der Waals surface area contributed by atoms with Gasteiger partial charge in [0.15, 0.2) is 5.82 Å². The van der Waals surface area contributed by atoms with Crippen LogP contribution in [0.5, 0.6) is 0 Å². The van der Waals surface area contributed by atoms with Gasteiger partial charge in [-0.2, -0.15) is 5.10 Å². The molecule has 1 aromatic rings. The topological polar surface area (TPSA) is 57.8 Å². The van der Waals surface area contributed by atoms with E-state index in [0.29, 0.717) is 12.2 Å². The lowest BCUT2D eigenvalue weighted by molar-refractivity contribution is -0.116. The van der Waals surface area contributed by atoms with E-state index in [4.69, 9.17) is 0 Å². The molecular weight excluding hydrogens is 226 g/mol. The summed E-state index contributed by atoms with van der Waals surface area (Å²) in [4.78, 5) is 11.8. The first kappa shape index (κ1) is 13.1. The van der Waals surface area contributed by atoms with E-state index in [1.165, 1.54) is 25.7 Å². The number of aryl methyl sites for hydroxylation is 1. The van der Waals surface area contributed by atoms with Crippen LogP contribution in [0.15, 0.2) is 6.07 Å². The van der Waals surface area contributed by atoms with Gasteiger partial charge in [0.1, 0.15) is 0 Å². The first-order valence-corrected chi connectivity index (χ1v) is 7.12. The number of nitrogens with zero attached hydrogens (tertiary/aromatic N) is 1. The molecule has 0 saturated heterocycles. The average molecular weight is 249 g/mol. The van der Waals surface area contributed by atoms with Gasteiger partial charge in [0.05, 0.1) is 0 Å². The third kappa shape index (κ3) is 3.86. The maximum Gasteiger partial charge on any atom is 0.225 e. The van der Waals surface area contributed by atoms with Gasteiger partial charge in [0.25, 0.3) is 0 Å². The summed E-state index contributed by atoms with van der Waals surface area (Å²) in [5.74, 6) is 1.52. The van der Waals surface area contributed by atoms with E-state index in [1.54, 1.807) is 0 Å². The highest BCUT2D eigenvalue weighted by molar-refractivity contribution is 5.89. The minimum atomic E-state index is 0.0939. The predicted octanol–water partition coefficient (Wildman–Crippen LogP) is 3.27. The number of hydrogen-bond donors (Lipinski definition) is 2. The lowest BCUT2D eigenvalue weighted by Crippen LogP contribution is -2.12. The Kier molecular flexibility index (Phi) is 4.79. The van der Waals surface area contributed by atoms with Gasteiger partial charge in [-0.25, -0.2) is 0 Å². The SMILES string of the molecule is CCCc1cc(NC(=O)CCC2CCCC2)n[nH]1. The number of aromatic amines is 1. The highest BCUT2D eigenvalue weighted by atomic mass is 16.1.